The molecule has 0 radical (unpaired) electrons. The molecule has 1 N–H and O–H groups in total. The van der Waals surface area contributed by atoms with E-state index in [9.17, 15) is 5.11 Å². The van der Waals surface area contributed by atoms with E-state index in [2.05, 4.69) is 32.8 Å². The second-order valence-corrected chi connectivity index (χ2v) is 4.23. The smallest absolute Gasteiger partial charge is 0.160 e. The van der Waals surface area contributed by atoms with Gasteiger partial charge in [0.15, 0.2) is 5.75 Å². The van der Waals surface area contributed by atoms with Crippen molar-refractivity contribution < 1.29 is 5.11 Å². The molecular formula is C11H20N2O. The quantitative estimate of drug-likeness (QED) is 0.807. The number of nitrogens with zero attached hydrogens (tertiary/aromatic N) is 2. The molecule has 0 fully saturated rings. The van der Waals surface area contributed by atoms with Crippen molar-refractivity contribution in [1.82, 2.24) is 9.78 Å². The first kappa shape index (κ1) is 11.1. The van der Waals surface area contributed by atoms with Gasteiger partial charge >= 0.3 is 0 Å². The number of aromatic hydroxyl groups is 1. The lowest BCUT2D eigenvalue weighted by atomic mass is 10.1. The zero-order chi connectivity index (χ0) is 10.9. The van der Waals surface area contributed by atoms with Crippen molar-refractivity contribution >= 4 is 0 Å². The molecule has 0 unspecified atom stereocenters. The zero-order valence-electron chi connectivity index (χ0n) is 9.70. The molecule has 3 heteroatoms. The molecule has 0 aromatic carbocycles. The Kier molecular flexibility index (Phi) is 3.19. The van der Waals surface area contributed by atoms with E-state index < -0.39 is 0 Å². The lowest BCUT2D eigenvalue weighted by Crippen LogP contribution is -2.08. The average molecular weight is 196 g/mol. The molecule has 0 saturated heterocycles. The van der Waals surface area contributed by atoms with Crippen molar-refractivity contribution in [1.29, 1.82) is 0 Å². The summed E-state index contributed by atoms with van der Waals surface area (Å²) >= 11 is 0. The summed E-state index contributed by atoms with van der Waals surface area (Å²) in [6, 6.07) is 0.304. The normalized spacial score (nSPS) is 11.6. The van der Waals surface area contributed by atoms with E-state index in [-0.39, 0.29) is 0 Å². The predicted molar refractivity (Wildman–Crippen MR) is 57.7 cm³/mol. The maximum Gasteiger partial charge on any atom is 0.160 e. The Balaban J connectivity index is 3.27. The van der Waals surface area contributed by atoms with E-state index in [1.165, 1.54) is 0 Å². The van der Waals surface area contributed by atoms with Crippen molar-refractivity contribution in [2.24, 2.45) is 0 Å². The van der Waals surface area contributed by atoms with Gasteiger partial charge in [-0.05, 0) is 26.2 Å². The van der Waals surface area contributed by atoms with Gasteiger partial charge in [-0.1, -0.05) is 20.8 Å². The highest BCUT2D eigenvalue weighted by Gasteiger charge is 2.19. The van der Waals surface area contributed by atoms with Gasteiger partial charge in [-0.2, -0.15) is 5.10 Å². The van der Waals surface area contributed by atoms with Gasteiger partial charge in [0.25, 0.3) is 0 Å². The first-order valence-electron chi connectivity index (χ1n) is 5.29. The summed E-state index contributed by atoms with van der Waals surface area (Å²) in [6.45, 7) is 10.3. The molecular weight excluding hydrogens is 176 g/mol. The van der Waals surface area contributed by atoms with Crippen LogP contribution in [0.1, 0.15) is 58.0 Å². The number of hydrogen-bond donors (Lipinski definition) is 1. The molecule has 0 spiro atoms. The molecule has 1 aromatic heterocycles. The summed E-state index contributed by atoms with van der Waals surface area (Å²) < 4.78 is 1.93. The first-order chi connectivity index (χ1) is 6.49. The van der Waals surface area contributed by atoms with Crippen LogP contribution in [0.3, 0.4) is 0 Å². The molecule has 1 rings (SSSR count). The molecule has 3 nitrogen and oxygen atoms in total. The van der Waals surface area contributed by atoms with Gasteiger partial charge in [-0.15, -0.1) is 0 Å². The fraction of sp³-hybridized carbons (Fsp3) is 0.727. The minimum Gasteiger partial charge on any atom is -0.504 e. The summed E-state index contributed by atoms with van der Waals surface area (Å²) in [7, 11) is 0. The van der Waals surface area contributed by atoms with Gasteiger partial charge in [-0.25, -0.2) is 0 Å². The summed E-state index contributed by atoms with van der Waals surface area (Å²) in [6.07, 6.45) is 0.783. The van der Waals surface area contributed by atoms with Gasteiger partial charge < -0.3 is 5.11 Å². The first-order valence-corrected chi connectivity index (χ1v) is 5.29. The Morgan fingerprint density at radius 2 is 1.86 bits per heavy atom. The maximum absolute atomic E-state index is 9.95. The number of aryl methyl sites for hydroxylation is 1. The molecule has 0 atom stereocenters. The lowest BCUT2D eigenvalue weighted by molar-refractivity contribution is 0.444. The Morgan fingerprint density at radius 1 is 1.29 bits per heavy atom. The van der Waals surface area contributed by atoms with Crippen molar-refractivity contribution in [2.45, 2.75) is 53.0 Å². The van der Waals surface area contributed by atoms with Gasteiger partial charge in [0.1, 0.15) is 5.69 Å². The third-order valence-corrected chi connectivity index (χ3v) is 2.36. The van der Waals surface area contributed by atoms with Crippen LogP contribution in [0.5, 0.6) is 5.75 Å². The Hall–Kier alpha value is -0.990. The Labute approximate surface area is 85.8 Å². The highest BCUT2D eigenvalue weighted by molar-refractivity contribution is 5.34. The van der Waals surface area contributed by atoms with Crippen LogP contribution in [-0.2, 0) is 6.42 Å². The Bertz CT molecular complexity index is 313. The van der Waals surface area contributed by atoms with Gasteiger partial charge in [0, 0.05) is 6.04 Å². The maximum atomic E-state index is 9.95. The van der Waals surface area contributed by atoms with Crippen LogP contribution >= 0.6 is 0 Å². The minimum atomic E-state index is 0.304. The fourth-order valence-corrected chi connectivity index (χ4v) is 1.66. The van der Waals surface area contributed by atoms with Crippen molar-refractivity contribution in [3.05, 3.63) is 11.4 Å². The second kappa shape index (κ2) is 4.03. The third-order valence-electron chi connectivity index (χ3n) is 2.36. The molecule has 0 saturated carbocycles. The standard InChI is InChI=1S/C11H20N2O/c1-6-9-11(14)10(7(2)3)13(12-9)8(4)5/h7-8,14H,6H2,1-5H3. The molecule has 0 bridgehead atoms. The SMILES string of the molecule is CCc1nn(C(C)C)c(C(C)C)c1O. The summed E-state index contributed by atoms with van der Waals surface area (Å²) in [5.74, 6) is 0.696. The predicted octanol–water partition coefficient (Wildman–Crippen LogP) is 2.86. The van der Waals surface area contributed by atoms with Gasteiger partial charge in [0.05, 0.1) is 5.69 Å². The van der Waals surface area contributed by atoms with Crippen molar-refractivity contribution in [3.8, 4) is 5.75 Å². The molecule has 1 aromatic rings. The third kappa shape index (κ3) is 1.76. The summed E-state index contributed by atoms with van der Waals surface area (Å²) in [5, 5.41) is 14.4. The van der Waals surface area contributed by atoms with E-state index >= 15 is 0 Å². The van der Waals surface area contributed by atoms with Crippen molar-refractivity contribution in [2.75, 3.05) is 0 Å². The van der Waals surface area contributed by atoms with Crippen LogP contribution in [0.2, 0.25) is 0 Å². The molecule has 14 heavy (non-hydrogen) atoms. The van der Waals surface area contributed by atoms with E-state index in [1.807, 2.05) is 11.6 Å². The number of hydrogen-bond acceptors (Lipinski definition) is 2. The van der Waals surface area contributed by atoms with Gasteiger partial charge in [0.2, 0.25) is 0 Å². The second-order valence-electron chi connectivity index (χ2n) is 4.23. The van der Waals surface area contributed by atoms with E-state index in [1.54, 1.807) is 0 Å². The van der Waals surface area contributed by atoms with Crippen LogP contribution in [0.15, 0.2) is 0 Å². The van der Waals surface area contributed by atoms with Crippen LogP contribution in [0.25, 0.3) is 0 Å². The van der Waals surface area contributed by atoms with E-state index in [0.717, 1.165) is 17.8 Å². The number of rotatable bonds is 3. The summed E-state index contributed by atoms with van der Waals surface area (Å²) in [5.41, 5.74) is 1.76. The Morgan fingerprint density at radius 3 is 2.14 bits per heavy atom. The van der Waals surface area contributed by atoms with Gasteiger partial charge in [-0.3, -0.25) is 4.68 Å². The van der Waals surface area contributed by atoms with E-state index in [4.69, 9.17) is 0 Å². The highest BCUT2D eigenvalue weighted by Crippen LogP contribution is 2.31. The number of aromatic nitrogens is 2. The van der Waals surface area contributed by atoms with Crippen LogP contribution in [0.4, 0.5) is 0 Å². The zero-order valence-corrected chi connectivity index (χ0v) is 9.70. The van der Waals surface area contributed by atoms with Crippen LogP contribution < -0.4 is 0 Å². The van der Waals surface area contributed by atoms with Crippen LogP contribution in [0, 0.1) is 0 Å². The van der Waals surface area contributed by atoms with E-state index in [0.29, 0.717) is 17.7 Å². The molecule has 80 valence electrons. The monoisotopic (exact) mass is 196 g/mol. The molecule has 1 heterocycles. The van der Waals surface area contributed by atoms with Crippen molar-refractivity contribution in [3.63, 3.8) is 0 Å². The summed E-state index contributed by atoms with van der Waals surface area (Å²) in [4.78, 5) is 0. The molecule has 0 aliphatic carbocycles. The average Bonchev–Trinajstić information content (AvgIpc) is 2.42. The molecule has 0 aliphatic rings. The highest BCUT2D eigenvalue weighted by atomic mass is 16.3. The van der Waals surface area contributed by atoms with Crippen LogP contribution in [-0.4, -0.2) is 14.9 Å². The fourth-order valence-electron chi connectivity index (χ4n) is 1.66. The molecule has 0 aliphatic heterocycles. The topological polar surface area (TPSA) is 38.0 Å². The lowest BCUT2D eigenvalue weighted by Gasteiger charge is -2.13. The largest absolute Gasteiger partial charge is 0.504 e. The minimum absolute atomic E-state index is 0.304. The molecule has 0 amide bonds.